The third-order valence-electron chi connectivity index (χ3n) is 5.28. The third kappa shape index (κ3) is 4.87. The van der Waals surface area contributed by atoms with Gasteiger partial charge in [0.1, 0.15) is 17.1 Å². The molecule has 0 radical (unpaired) electrons. The summed E-state index contributed by atoms with van der Waals surface area (Å²) in [7, 11) is 3.57. The summed E-state index contributed by atoms with van der Waals surface area (Å²) in [5.74, 6) is 3.49. The van der Waals surface area contributed by atoms with Crippen LogP contribution in [0.15, 0.2) is 30.5 Å². The van der Waals surface area contributed by atoms with Crippen molar-refractivity contribution in [3.05, 3.63) is 42.0 Å². The Kier molecular flexibility index (Phi) is 5.88. The molecule has 33 heavy (non-hydrogen) atoms. The van der Waals surface area contributed by atoms with Crippen molar-refractivity contribution in [2.75, 3.05) is 24.3 Å². The lowest BCUT2D eigenvalue weighted by Gasteiger charge is -2.20. The molecule has 3 aromatic heterocycles. The minimum atomic E-state index is 0.113. The van der Waals surface area contributed by atoms with E-state index in [0.717, 1.165) is 51.9 Å². The highest BCUT2D eigenvalue weighted by molar-refractivity contribution is 5.89. The predicted molar refractivity (Wildman–Crippen MR) is 131 cm³/mol. The minimum Gasteiger partial charge on any atom is -0.495 e. The summed E-state index contributed by atoms with van der Waals surface area (Å²) in [5.41, 5.74) is 3.46. The maximum atomic E-state index is 5.63. The fraction of sp³-hybridized carbons (Fsp3) is 0.375. The topological polar surface area (TPSA) is 103 Å². The number of pyridine rings is 1. The van der Waals surface area contributed by atoms with Crippen molar-refractivity contribution >= 4 is 28.4 Å². The first-order chi connectivity index (χ1) is 15.6. The summed E-state index contributed by atoms with van der Waals surface area (Å²) >= 11 is 0. The van der Waals surface area contributed by atoms with Crippen LogP contribution in [0.4, 0.5) is 17.5 Å². The number of hydrogen-bond donors (Lipinski definition) is 2. The van der Waals surface area contributed by atoms with Gasteiger partial charge < -0.3 is 19.9 Å². The fourth-order valence-electron chi connectivity index (χ4n) is 3.42. The first-order valence-corrected chi connectivity index (χ1v) is 10.8. The van der Waals surface area contributed by atoms with Crippen LogP contribution in [0.2, 0.25) is 0 Å². The predicted octanol–water partition coefficient (Wildman–Crippen LogP) is 4.65. The Morgan fingerprint density at radius 2 is 1.85 bits per heavy atom. The van der Waals surface area contributed by atoms with Crippen LogP contribution in [0.25, 0.3) is 22.3 Å². The largest absolute Gasteiger partial charge is 0.495 e. The number of nitrogens with zero attached hydrogens (tertiary/aromatic N) is 6. The van der Waals surface area contributed by atoms with Crippen molar-refractivity contribution < 1.29 is 4.74 Å². The summed E-state index contributed by atoms with van der Waals surface area (Å²) in [6, 6.07) is 7.81. The van der Waals surface area contributed by atoms with Crippen LogP contribution >= 0.6 is 0 Å². The van der Waals surface area contributed by atoms with Crippen LogP contribution in [-0.4, -0.2) is 43.4 Å². The zero-order valence-corrected chi connectivity index (χ0v) is 20.2. The number of hydrogen-bond acceptors (Lipinski definition) is 8. The second kappa shape index (κ2) is 8.65. The zero-order valence-electron chi connectivity index (χ0n) is 20.2. The molecule has 3 heterocycles. The van der Waals surface area contributed by atoms with Crippen molar-refractivity contribution in [3.8, 4) is 17.1 Å². The van der Waals surface area contributed by atoms with Crippen LogP contribution in [0, 0.1) is 19.3 Å². The smallest absolute Gasteiger partial charge is 0.227 e. The van der Waals surface area contributed by atoms with Crippen LogP contribution in [0.5, 0.6) is 5.75 Å². The molecule has 172 valence electrons. The molecule has 0 fully saturated rings. The van der Waals surface area contributed by atoms with E-state index in [2.05, 4.69) is 51.6 Å². The molecule has 0 unspecified atom stereocenters. The number of rotatable bonds is 6. The molecular formula is C24H30N8O. The van der Waals surface area contributed by atoms with Gasteiger partial charge in [-0.15, -0.1) is 10.2 Å². The Bertz CT molecular complexity index is 1310. The maximum Gasteiger partial charge on any atom is 0.227 e. The van der Waals surface area contributed by atoms with Crippen LogP contribution in [0.1, 0.15) is 32.3 Å². The molecule has 0 atom stereocenters. The Labute approximate surface area is 193 Å². The Morgan fingerprint density at radius 1 is 1.06 bits per heavy atom. The number of ether oxygens (including phenoxy) is 1. The van der Waals surface area contributed by atoms with Crippen molar-refractivity contribution in [1.29, 1.82) is 0 Å². The van der Waals surface area contributed by atoms with Gasteiger partial charge in [0, 0.05) is 36.4 Å². The number of methoxy groups -OCH3 is 1. The molecular weight excluding hydrogens is 416 g/mol. The van der Waals surface area contributed by atoms with E-state index in [4.69, 9.17) is 9.72 Å². The van der Waals surface area contributed by atoms with Gasteiger partial charge in [-0.2, -0.15) is 0 Å². The van der Waals surface area contributed by atoms with Crippen molar-refractivity contribution in [1.82, 2.24) is 29.7 Å². The molecule has 2 N–H and O–H groups in total. The first kappa shape index (κ1) is 22.4. The molecule has 0 aliphatic rings. The molecule has 4 aromatic rings. The molecule has 0 aliphatic carbocycles. The highest BCUT2D eigenvalue weighted by Gasteiger charge is 2.15. The zero-order chi connectivity index (χ0) is 23.8. The maximum absolute atomic E-state index is 5.63. The van der Waals surface area contributed by atoms with Crippen molar-refractivity contribution in [2.45, 2.75) is 34.6 Å². The molecule has 0 aliphatic heterocycles. The molecule has 1 aromatic carbocycles. The fourth-order valence-corrected chi connectivity index (χ4v) is 3.42. The Hall–Kier alpha value is -3.75. The van der Waals surface area contributed by atoms with Gasteiger partial charge in [-0.05, 0) is 43.5 Å². The van der Waals surface area contributed by atoms with Crippen molar-refractivity contribution in [3.63, 3.8) is 0 Å². The molecule has 9 heteroatoms. The van der Waals surface area contributed by atoms with E-state index in [9.17, 15) is 0 Å². The molecule has 0 bridgehead atoms. The molecule has 0 saturated carbocycles. The van der Waals surface area contributed by atoms with Crippen LogP contribution < -0.4 is 15.4 Å². The van der Waals surface area contributed by atoms with Crippen LogP contribution in [0.3, 0.4) is 0 Å². The summed E-state index contributed by atoms with van der Waals surface area (Å²) in [4.78, 5) is 13.9. The average molecular weight is 447 g/mol. The van der Waals surface area contributed by atoms with Gasteiger partial charge in [0.25, 0.3) is 0 Å². The lowest BCUT2D eigenvalue weighted by atomic mass is 9.97. The summed E-state index contributed by atoms with van der Waals surface area (Å²) in [6.45, 7) is 11.2. The number of nitrogens with one attached hydrogen (secondary N) is 2. The lowest BCUT2D eigenvalue weighted by Crippen LogP contribution is -2.20. The van der Waals surface area contributed by atoms with E-state index < -0.39 is 0 Å². The highest BCUT2D eigenvalue weighted by atomic mass is 16.5. The SMILES string of the molecule is COc1cc(-c2nnc(C)n2C)ccc1Nc1ncc2cc(C)nc(NCC(C)(C)C)c2n1. The Balaban J connectivity index is 1.67. The summed E-state index contributed by atoms with van der Waals surface area (Å²) in [5, 5.41) is 16.1. The van der Waals surface area contributed by atoms with Crippen molar-refractivity contribution in [2.24, 2.45) is 12.5 Å². The molecule has 9 nitrogen and oxygen atoms in total. The third-order valence-corrected chi connectivity index (χ3v) is 5.28. The molecule has 0 amide bonds. The van der Waals surface area contributed by atoms with Gasteiger partial charge in [-0.3, -0.25) is 0 Å². The summed E-state index contributed by atoms with van der Waals surface area (Å²) in [6.07, 6.45) is 1.81. The number of aromatic nitrogens is 6. The van der Waals surface area contributed by atoms with Gasteiger partial charge in [0.05, 0.1) is 12.8 Å². The van der Waals surface area contributed by atoms with Crippen LogP contribution in [-0.2, 0) is 7.05 Å². The number of anilines is 3. The van der Waals surface area contributed by atoms with Gasteiger partial charge in [0.2, 0.25) is 5.95 Å². The summed E-state index contributed by atoms with van der Waals surface area (Å²) < 4.78 is 7.57. The molecule has 4 rings (SSSR count). The van der Waals surface area contributed by atoms with Gasteiger partial charge >= 0.3 is 0 Å². The van der Waals surface area contributed by atoms with E-state index in [1.54, 1.807) is 7.11 Å². The second-order valence-electron chi connectivity index (χ2n) is 9.33. The monoisotopic (exact) mass is 446 g/mol. The average Bonchev–Trinajstić information content (AvgIpc) is 3.10. The normalized spacial score (nSPS) is 11.6. The molecule has 0 spiro atoms. The van der Waals surface area contributed by atoms with Gasteiger partial charge in [-0.1, -0.05) is 20.8 Å². The minimum absolute atomic E-state index is 0.113. The number of aryl methyl sites for hydroxylation is 2. The number of fused-ring (bicyclic) bond motifs is 1. The van der Waals surface area contributed by atoms with Gasteiger partial charge in [-0.25, -0.2) is 15.0 Å². The number of benzene rings is 1. The standard InChI is InChI=1S/C24H30N8O/c1-14-10-17-12-25-23(29-20(17)21(27-14)26-13-24(3,4)5)28-18-9-8-16(11-19(18)33-7)22-31-30-15(2)32(22)6/h8-12H,13H2,1-7H3,(H,26,27)(H,25,28,29). The van der Waals surface area contributed by atoms with E-state index in [0.29, 0.717) is 11.7 Å². The van der Waals surface area contributed by atoms with E-state index in [1.165, 1.54) is 0 Å². The highest BCUT2D eigenvalue weighted by Crippen LogP contribution is 2.32. The van der Waals surface area contributed by atoms with E-state index >= 15 is 0 Å². The van der Waals surface area contributed by atoms with E-state index in [1.807, 2.05) is 55.9 Å². The second-order valence-corrected chi connectivity index (χ2v) is 9.33. The molecule has 0 saturated heterocycles. The first-order valence-electron chi connectivity index (χ1n) is 10.8. The van der Waals surface area contributed by atoms with Gasteiger partial charge in [0.15, 0.2) is 11.6 Å². The van der Waals surface area contributed by atoms with E-state index in [-0.39, 0.29) is 5.41 Å². The quantitative estimate of drug-likeness (QED) is 0.441. The lowest BCUT2D eigenvalue weighted by molar-refractivity contribution is 0.417. The Morgan fingerprint density at radius 3 is 2.52 bits per heavy atom.